The van der Waals surface area contributed by atoms with Gasteiger partial charge in [0.15, 0.2) is 0 Å². The number of hydrogen-bond donors (Lipinski definition) is 3. The molecule has 1 rings (SSSR count). The first-order valence-electron chi connectivity index (χ1n) is 6.76. The minimum atomic E-state index is -0.497. The van der Waals surface area contributed by atoms with Crippen molar-refractivity contribution in [3.63, 3.8) is 0 Å². The minimum Gasteiger partial charge on any atom is -0.391 e. The van der Waals surface area contributed by atoms with Gasteiger partial charge in [0.2, 0.25) is 0 Å². The molecule has 1 heterocycles. The molecule has 3 atom stereocenters. The lowest BCUT2D eigenvalue weighted by atomic mass is 10.0. The van der Waals surface area contributed by atoms with E-state index in [0.29, 0.717) is 0 Å². The van der Waals surface area contributed by atoms with E-state index in [1.54, 1.807) is 0 Å². The number of aliphatic hydroxyl groups excluding tert-OH is 1. The predicted octanol–water partition coefficient (Wildman–Crippen LogP) is 1.26. The minimum absolute atomic E-state index is 0.147. The highest BCUT2D eigenvalue weighted by Gasteiger charge is 2.25. The molecule has 0 aliphatic carbocycles. The third kappa shape index (κ3) is 5.23. The van der Waals surface area contributed by atoms with Crippen LogP contribution in [0.15, 0.2) is 0 Å². The van der Waals surface area contributed by atoms with Gasteiger partial charge in [-0.1, -0.05) is 13.8 Å². The average Bonchev–Trinajstić information content (AvgIpc) is 2.24. The van der Waals surface area contributed by atoms with Crippen LogP contribution < -0.4 is 10.6 Å². The zero-order valence-electron chi connectivity index (χ0n) is 11.8. The van der Waals surface area contributed by atoms with Gasteiger partial charge in [-0.05, 0) is 32.6 Å². The Morgan fingerprint density at radius 2 is 1.89 bits per heavy atom. The van der Waals surface area contributed by atoms with Crippen LogP contribution in [0.25, 0.3) is 0 Å². The zero-order chi connectivity index (χ0) is 13.7. The molecule has 3 N–H and O–H groups in total. The summed E-state index contributed by atoms with van der Waals surface area (Å²) in [4.78, 5) is 11.7. The van der Waals surface area contributed by atoms with Crippen molar-refractivity contribution >= 4 is 6.03 Å². The molecular formula is C13H26N2O3. The summed E-state index contributed by atoms with van der Waals surface area (Å²) in [7, 11) is 0. The highest BCUT2D eigenvalue weighted by molar-refractivity contribution is 5.74. The molecule has 106 valence electrons. The molecule has 5 nitrogen and oxygen atoms in total. The second-order valence-electron chi connectivity index (χ2n) is 5.59. The fourth-order valence-electron chi connectivity index (χ4n) is 2.19. The molecule has 1 aliphatic rings. The first kappa shape index (κ1) is 15.2. The molecule has 18 heavy (non-hydrogen) atoms. The number of urea groups is 1. The quantitative estimate of drug-likeness (QED) is 0.711. The van der Waals surface area contributed by atoms with Crippen LogP contribution in [0.3, 0.4) is 0 Å². The standard InChI is InChI=1S/C13H26N2O3/c1-8(2)12(16)7-14-13(17)15-11-5-9(3)18-10(4)6-11/h8-12,16H,5-7H2,1-4H3,(H2,14,15,17). The number of hydrogen-bond acceptors (Lipinski definition) is 3. The summed E-state index contributed by atoms with van der Waals surface area (Å²) in [6.07, 6.45) is 1.54. The Bertz CT molecular complexity index is 261. The number of aliphatic hydroxyl groups is 1. The van der Waals surface area contributed by atoms with E-state index in [1.807, 2.05) is 27.7 Å². The van der Waals surface area contributed by atoms with Crippen molar-refractivity contribution in [1.29, 1.82) is 0 Å². The van der Waals surface area contributed by atoms with E-state index in [2.05, 4.69) is 10.6 Å². The average molecular weight is 258 g/mol. The molecule has 3 unspecified atom stereocenters. The lowest BCUT2D eigenvalue weighted by Gasteiger charge is -2.32. The molecule has 1 saturated heterocycles. The SMILES string of the molecule is CC1CC(NC(=O)NCC(O)C(C)C)CC(C)O1. The topological polar surface area (TPSA) is 70.6 Å². The van der Waals surface area contributed by atoms with Crippen LogP contribution in [0.1, 0.15) is 40.5 Å². The van der Waals surface area contributed by atoms with Crippen LogP contribution in [0.5, 0.6) is 0 Å². The van der Waals surface area contributed by atoms with Crippen molar-refractivity contribution in [3.8, 4) is 0 Å². The van der Waals surface area contributed by atoms with Crippen molar-refractivity contribution in [1.82, 2.24) is 10.6 Å². The fourth-order valence-corrected chi connectivity index (χ4v) is 2.19. The molecule has 0 saturated carbocycles. The Kier molecular flexibility index (Phi) is 5.88. The molecule has 0 aromatic heterocycles. The maximum absolute atomic E-state index is 11.7. The Morgan fingerprint density at radius 1 is 1.33 bits per heavy atom. The number of carbonyl (C=O) groups is 1. The van der Waals surface area contributed by atoms with Gasteiger partial charge in [-0.15, -0.1) is 0 Å². The van der Waals surface area contributed by atoms with E-state index in [9.17, 15) is 9.90 Å². The van der Waals surface area contributed by atoms with Crippen molar-refractivity contribution < 1.29 is 14.6 Å². The second kappa shape index (κ2) is 6.95. The van der Waals surface area contributed by atoms with Gasteiger partial charge >= 0.3 is 6.03 Å². The predicted molar refractivity (Wildman–Crippen MR) is 70.4 cm³/mol. The van der Waals surface area contributed by atoms with Crippen LogP contribution >= 0.6 is 0 Å². The Balaban J connectivity index is 2.27. The van der Waals surface area contributed by atoms with Crippen molar-refractivity contribution in [2.24, 2.45) is 5.92 Å². The van der Waals surface area contributed by atoms with Crippen molar-refractivity contribution in [2.75, 3.05) is 6.54 Å². The monoisotopic (exact) mass is 258 g/mol. The smallest absolute Gasteiger partial charge is 0.315 e. The summed E-state index contributed by atoms with van der Waals surface area (Å²) in [5, 5.41) is 15.2. The molecule has 0 radical (unpaired) electrons. The molecule has 0 spiro atoms. The normalized spacial score (nSPS) is 30.0. The molecule has 1 fully saturated rings. The van der Waals surface area contributed by atoms with E-state index in [1.165, 1.54) is 0 Å². The summed E-state index contributed by atoms with van der Waals surface area (Å²) in [5.74, 6) is 0.147. The number of ether oxygens (including phenoxy) is 1. The van der Waals surface area contributed by atoms with Gasteiger partial charge in [-0.3, -0.25) is 0 Å². The number of carbonyl (C=O) groups excluding carboxylic acids is 1. The zero-order valence-corrected chi connectivity index (χ0v) is 11.8. The molecule has 1 aliphatic heterocycles. The van der Waals surface area contributed by atoms with E-state index < -0.39 is 6.10 Å². The van der Waals surface area contributed by atoms with E-state index in [4.69, 9.17) is 4.74 Å². The van der Waals surface area contributed by atoms with Gasteiger partial charge in [-0.2, -0.15) is 0 Å². The van der Waals surface area contributed by atoms with Crippen LogP contribution in [0.2, 0.25) is 0 Å². The largest absolute Gasteiger partial charge is 0.391 e. The van der Waals surface area contributed by atoms with Gasteiger partial charge in [0.05, 0.1) is 18.3 Å². The van der Waals surface area contributed by atoms with E-state index in [-0.39, 0.29) is 36.7 Å². The highest BCUT2D eigenvalue weighted by Crippen LogP contribution is 2.18. The number of rotatable bonds is 4. The summed E-state index contributed by atoms with van der Waals surface area (Å²) in [6, 6.07) is -0.0547. The van der Waals surface area contributed by atoms with Gasteiger partial charge in [-0.25, -0.2) is 4.79 Å². The molecule has 2 amide bonds. The first-order valence-corrected chi connectivity index (χ1v) is 6.76. The second-order valence-corrected chi connectivity index (χ2v) is 5.59. The van der Waals surface area contributed by atoms with E-state index >= 15 is 0 Å². The maximum atomic E-state index is 11.7. The fraction of sp³-hybridized carbons (Fsp3) is 0.923. The van der Waals surface area contributed by atoms with Crippen LogP contribution in [-0.2, 0) is 4.74 Å². The van der Waals surface area contributed by atoms with Crippen LogP contribution in [0.4, 0.5) is 4.79 Å². The van der Waals surface area contributed by atoms with Gasteiger partial charge in [0, 0.05) is 12.6 Å². The third-order valence-electron chi connectivity index (χ3n) is 3.27. The van der Waals surface area contributed by atoms with E-state index in [0.717, 1.165) is 12.8 Å². The van der Waals surface area contributed by atoms with Crippen LogP contribution in [-0.4, -0.2) is 42.0 Å². The van der Waals surface area contributed by atoms with Gasteiger partial charge in [0.1, 0.15) is 0 Å². The summed E-state index contributed by atoms with van der Waals surface area (Å²) >= 11 is 0. The maximum Gasteiger partial charge on any atom is 0.315 e. The Labute approximate surface area is 109 Å². The molecule has 0 bridgehead atoms. The van der Waals surface area contributed by atoms with Crippen molar-refractivity contribution in [3.05, 3.63) is 0 Å². The number of amides is 2. The van der Waals surface area contributed by atoms with Crippen molar-refractivity contribution in [2.45, 2.75) is 64.9 Å². The summed E-state index contributed by atoms with van der Waals surface area (Å²) < 4.78 is 5.62. The summed E-state index contributed by atoms with van der Waals surface area (Å²) in [5.41, 5.74) is 0. The molecule has 0 aromatic carbocycles. The molecular weight excluding hydrogens is 232 g/mol. The van der Waals surface area contributed by atoms with Gasteiger partial charge < -0.3 is 20.5 Å². The number of nitrogens with one attached hydrogen (secondary N) is 2. The van der Waals surface area contributed by atoms with Gasteiger partial charge in [0.25, 0.3) is 0 Å². The lowest BCUT2D eigenvalue weighted by molar-refractivity contribution is -0.0402. The molecule has 0 aromatic rings. The van der Waals surface area contributed by atoms with Crippen LogP contribution in [0, 0.1) is 5.92 Å². The summed E-state index contributed by atoms with van der Waals surface area (Å²) in [6.45, 7) is 8.17. The first-order chi connectivity index (χ1) is 8.38. The highest BCUT2D eigenvalue weighted by atomic mass is 16.5. The Morgan fingerprint density at radius 3 is 2.39 bits per heavy atom. The Hall–Kier alpha value is -0.810. The lowest BCUT2D eigenvalue weighted by Crippen LogP contribution is -2.49. The molecule has 5 heteroatoms. The third-order valence-corrected chi connectivity index (χ3v) is 3.27.